The molecule has 0 unspecified atom stereocenters. The van der Waals surface area contributed by atoms with Crippen LogP contribution in [-0.4, -0.2) is 39.0 Å². The van der Waals surface area contributed by atoms with E-state index in [0.717, 1.165) is 4.90 Å². The van der Waals surface area contributed by atoms with Gasteiger partial charge >= 0.3 is 6.09 Å². The molecule has 20 heavy (non-hydrogen) atoms. The highest BCUT2D eigenvalue weighted by Gasteiger charge is 2.35. The molecule has 0 fully saturated rings. The van der Waals surface area contributed by atoms with Crippen molar-refractivity contribution in [2.75, 3.05) is 6.54 Å². The smallest absolute Gasteiger partial charge is 0.417 e. The third-order valence-corrected chi connectivity index (χ3v) is 2.97. The van der Waals surface area contributed by atoms with Crippen molar-refractivity contribution in [1.82, 2.24) is 14.9 Å². The second-order valence-electron chi connectivity index (χ2n) is 5.57. The van der Waals surface area contributed by atoms with Crippen molar-refractivity contribution in [2.45, 2.75) is 39.7 Å². The van der Waals surface area contributed by atoms with Gasteiger partial charge in [-0.15, -0.1) is 0 Å². The van der Waals surface area contributed by atoms with E-state index in [9.17, 15) is 9.59 Å². The summed E-state index contributed by atoms with van der Waals surface area (Å²) in [4.78, 5) is 33.5. The number of aryl methyl sites for hydroxylation is 1. The Morgan fingerprint density at radius 2 is 2.00 bits per heavy atom. The number of carbonyl (C=O) groups excluding carboxylic acids is 2. The van der Waals surface area contributed by atoms with Gasteiger partial charge in [0.15, 0.2) is 0 Å². The molecular formula is C13H16ClN3O3. The minimum absolute atomic E-state index is 0.0748. The predicted molar refractivity (Wildman–Crippen MR) is 72.8 cm³/mol. The number of nitrogens with zero attached hydrogens (tertiary/aromatic N) is 3. The molecule has 1 aliphatic heterocycles. The van der Waals surface area contributed by atoms with E-state index in [-0.39, 0.29) is 17.3 Å². The second kappa shape index (κ2) is 5.01. The maximum absolute atomic E-state index is 12.3. The average molecular weight is 298 g/mol. The number of fused-ring (bicyclic) bond motifs is 1. The number of amides is 2. The summed E-state index contributed by atoms with van der Waals surface area (Å²) in [6.45, 7) is 7.16. The van der Waals surface area contributed by atoms with E-state index >= 15 is 0 Å². The number of rotatable bonds is 0. The largest absolute Gasteiger partial charge is 0.443 e. The van der Waals surface area contributed by atoms with Gasteiger partial charge < -0.3 is 4.74 Å². The van der Waals surface area contributed by atoms with Crippen molar-refractivity contribution in [3.05, 3.63) is 22.2 Å². The summed E-state index contributed by atoms with van der Waals surface area (Å²) in [6.07, 6.45) is -0.228. The Morgan fingerprint density at radius 3 is 2.60 bits per heavy atom. The molecule has 7 heteroatoms. The molecule has 0 radical (unpaired) electrons. The van der Waals surface area contributed by atoms with Gasteiger partial charge in [0.1, 0.15) is 16.6 Å². The lowest BCUT2D eigenvalue weighted by Gasteiger charge is -2.29. The first-order valence-corrected chi connectivity index (χ1v) is 6.64. The molecule has 1 aromatic rings. The summed E-state index contributed by atoms with van der Waals surface area (Å²) in [5.41, 5.74) is 0.104. The Bertz CT molecular complexity index is 581. The van der Waals surface area contributed by atoms with Crippen LogP contribution in [0.4, 0.5) is 4.79 Å². The Kier molecular flexibility index (Phi) is 3.69. The van der Waals surface area contributed by atoms with Crippen LogP contribution in [0.3, 0.4) is 0 Å². The SMILES string of the molecule is Cc1nc(Cl)c2c(n1)CCN(C(=O)OC(C)(C)C)C2=O. The van der Waals surface area contributed by atoms with Gasteiger partial charge in [0.25, 0.3) is 5.91 Å². The average Bonchev–Trinajstić information content (AvgIpc) is 2.25. The fourth-order valence-corrected chi connectivity index (χ4v) is 2.24. The first kappa shape index (κ1) is 14.7. The first-order chi connectivity index (χ1) is 9.19. The zero-order valence-electron chi connectivity index (χ0n) is 11.9. The molecule has 0 atom stereocenters. The first-order valence-electron chi connectivity index (χ1n) is 6.27. The molecule has 2 rings (SSSR count). The van der Waals surface area contributed by atoms with E-state index in [1.807, 2.05) is 0 Å². The standard InChI is InChI=1S/C13H16ClN3O3/c1-7-15-8-5-6-17(12(19)20-13(2,3)4)11(18)9(8)10(14)16-7/h5-6H2,1-4H3. The second-order valence-corrected chi connectivity index (χ2v) is 5.93. The van der Waals surface area contributed by atoms with Crippen LogP contribution in [0.15, 0.2) is 0 Å². The molecule has 2 amide bonds. The van der Waals surface area contributed by atoms with Crippen LogP contribution < -0.4 is 0 Å². The monoisotopic (exact) mass is 297 g/mol. The summed E-state index contributed by atoms with van der Waals surface area (Å²) in [6, 6.07) is 0. The number of ether oxygens (including phenoxy) is 1. The van der Waals surface area contributed by atoms with Gasteiger partial charge in [-0.25, -0.2) is 19.7 Å². The Morgan fingerprint density at radius 1 is 1.35 bits per heavy atom. The molecule has 0 aromatic carbocycles. The summed E-state index contributed by atoms with van der Waals surface area (Å²) in [5, 5.41) is 0.0748. The fraction of sp³-hybridized carbons (Fsp3) is 0.538. The van der Waals surface area contributed by atoms with E-state index in [1.54, 1.807) is 27.7 Å². The van der Waals surface area contributed by atoms with Gasteiger partial charge in [-0.2, -0.15) is 0 Å². The van der Waals surface area contributed by atoms with Gasteiger partial charge in [-0.3, -0.25) is 4.79 Å². The molecular weight excluding hydrogens is 282 g/mol. The van der Waals surface area contributed by atoms with Crippen LogP contribution in [-0.2, 0) is 11.2 Å². The maximum atomic E-state index is 12.3. The van der Waals surface area contributed by atoms with E-state index < -0.39 is 17.6 Å². The van der Waals surface area contributed by atoms with Gasteiger partial charge in [0, 0.05) is 13.0 Å². The van der Waals surface area contributed by atoms with Crippen LogP contribution in [0.5, 0.6) is 0 Å². The third-order valence-electron chi connectivity index (χ3n) is 2.70. The number of carbonyl (C=O) groups is 2. The van der Waals surface area contributed by atoms with Crippen molar-refractivity contribution in [3.8, 4) is 0 Å². The number of hydrogen-bond acceptors (Lipinski definition) is 5. The number of halogens is 1. The molecule has 6 nitrogen and oxygen atoms in total. The molecule has 0 N–H and O–H groups in total. The Balaban J connectivity index is 2.30. The van der Waals surface area contributed by atoms with Crippen LogP contribution in [0, 0.1) is 6.92 Å². The zero-order chi connectivity index (χ0) is 15.1. The van der Waals surface area contributed by atoms with E-state index in [4.69, 9.17) is 16.3 Å². The van der Waals surface area contributed by atoms with Gasteiger partial charge in [0.05, 0.1) is 11.3 Å². The normalized spacial score (nSPS) is 15.1. The lowest BCUT2D eigenvalue weighted by molar-refractivity contribution is 0.0232. The van der Waals surface area contributed by atoms with E-state index in [1.165, 1.54) is 0 Å². The van der Waals surface area contributed by atoms with E-state index in [2.05, 4.69) is 9.97 Å². The van der Waals surface area contributed by atoms with Crippen molar-refractivity contribution < 1.29 is 14.3 Å². The van der Waals surface area contributed by atoms with Crippen LogP contribution in [0.1, 0.15) is 42.6 Å². The van der Waals surface area contributed by atoms with Crippen LogP contribution in [0.25, 0.3) is 0 Å². The fourth-order valence-electron chi connectivity index (χ4n) is 1.93. The third kappa shape index (κ3) is 2.90. The quantitative estimate of drug-likeness (QED) is 0.687. The highest BCUT2D eigenvalue weighted by molar-refractivity contribution is 6.33. The maximum Gasteiger partial charge on any atom is 0.417 e. The Labute approximate surface area is 122 Å². The molecule has 0 bridgehead atoms. The van der Waals surface area contributed by atoms with Gasteiger partial charge in [-0.1, -0.05) is 11.6 Å². The summed E-state index contributed by atoms with van der Waals surface area (Å²) in [5.74, 6) is -0.00207. The minimum Gasteiger partial charge on any atom is -0.443 e. The van der Waals surface area contributed by atoms with Crippen molar-refractivity contribution in [1.29, 1.82) is 0 Å². The van der Waals surface area contributed by atoms with Crippen molar-refractivity contribution >= 4 is 23.6 Å². The zero-order valence-corrected chi connectivity index (χ0v) is 12.6. The summed E-state index contributed by atoms with van der Waals surface area (Å²) < 4.78 is 5.21. The molecule has 0 saturated heterocycles. The molecule has 2 heterocycles. The lowest BCUT2D eigenvalue weighted by atomic mass is 10.1. The number of aromatic nitrogens is 2. The Hall–Kier alpha value is -1.69. The molecule has 0 aliphatic carbocycles. The highest BCUT2D eigenvalue weighted by Crippen LogP contribution is 2.24. The molecule has 108 valence electrons. The number of hydrogen-bond donors (Lipinski definition) is 0. The van der Waals surface area contributed by atoms with Gasteiger partial charge in [0.2, 0.25) is 0 Å². The predicted octanol–water partition coefficient (Wildman–Crippen LogP) is 2.37. The number of imide groups is 1. The lowest BCUT2D eigenvalue weighted by Crippen LogP contribution is -2.45. The van der Waals surface area contributed by atoms with Crippen molar-refractivity contribution in [3.63, 3.8) is 0 Å². The molecule has 0 saturated carbocycles. The molecule has 0 spiro atoms. The topological polar surface area (TPSA) is 72.4 Å². The minimum atomic E-state index is -0.676. The van der Waals surface area contributed by atoms with E-state index in [0.29, 0.717) is 17.9 Å². The van der Waals surface area contributed by atoms with Crippen LogP contribution in [0.2, 0.25) is 5.15 Å². The summed E-state index contributed by atoms with van der Waals surface area (Å²) in [7, 11) is 0. The molecule has 1 aromatic heterocycles. The highest BCUT2D eigenvalue weighted by atomic mass is 35.5. The van der Waals surface area contributed by atoms with Gasteiger partial charge in [-0.05, 0) is 27.7 Å². The summed E-state index contributed by atoms with van der Waals surface area (Å²) >= 11 is 5.99. The van der Waals surface area contributed by atoms with Crippen LogP contribution >= 0.6 is 11.6 Å². The molecule has 1 aliphatic rings. The van der Waals surface area contributed by atoms with Crippen molar-refractivity contribution in [2.24, 2.45) is 0 Å².